The van der Waals surface area contributed by atoms with Crippen LogP contribution in [0.25, 0.3) is 10.8 Å². The second kappa shape index (κ2) is 4.06. The fourth-order valence-electron chi connectivity index (χ4n) is 2.10. The van der Waals surface area contributed by atoms with Gasteiger partial charge in [0.25, 0.3) is 0 Å². The maximum atomic E-state index is 4.24. The zero-order chi connectivity index (χ0) is 11.7. The van der Waals surface area contributed by atoms with E-state index in [9.17, 15) is 0 Å². The van der Waals surface area contributed by atoms with Crippen LogP contribution in [-0.2, 0) is 6.54 Å². The van der Waals surface area contributed by atoms with Crippen molar-refractivity contribution in [2.45, 2.75) is 13.5 Å². The van der Waals surface area contributed by atoms with Gasteiger partial charge in [-0.15, -0.1) is 0 Å². The zero-order valence-corrected chi connectivity index (χ0v) is 9.80. The standard InChI is InChI=1S/C15H14N2/c1-12-16-8-9-17(12)11-13-6-7-14-4-2-3-5-15(14)10-13/h2-10H,11H2,1H3. The van der Waals surface area contributed by atoms with Gasteiger partial charge in [-0.05, 0) is 29.3 Å². The molecular formula is C15H14N2. The normalized spacial score (nSPS) is 10.9. The summed E-state index contributed by atoms with van der Waals surface area (Å²) in [6.07, 6.45) is 3.86. The highest BCUT2D eigenvalue weighted by molar-refractivity contribution is 5.82. The summed E-state index contributed by atoms with van der Waals surface area (Å²) in [6.45, 7) is 2.91. The molecule has 0 N–H and O–H groups in total. The van der Waals surface area contributed by atoms with Crippen LogP contribution in [-0.4, -0.2) is 9.55 Å². The van der Waals surface area contributed by atoms with Crippen LogP contribution in [0.15, 0.2) is 54.9 Å². The molecule has 2 nitrogen and oxygen atoms in total. The van der Waals surface area contributed by atoms with E-state index in [1.165, 1.54) is 16.3 Å². The Bertz CT molecular complexity index is 653. The first-order valence-corrected chi connectivity index (χ1v) is 5.78. The molecule has 0 fully saturated rings. The molecule has 0 radical (unpaired) electrons. The maximum Gasteiger partial charge on any atom is 0.105 e. The quantitative estimate of drug-likeness (QED) is 0.650. The predicted molar refractivity (Wildman–Crippen MR) is 70.0 cm³/mol. The van der Waals surface area contributed by atoms with Crippen molar-refractivity contribution in [1.29, 1.82) is 0 Å². The van der Waals surface area contributed by atoms with Crippen LogP contribution in [0.4, 0.5) is 0 Å². The third-order valence-corrected chi connectivity index (χ3v) is 3.09. The Balaban J connectivity index is 1.99. The van der Waals surface area contributed by atoms with E-state index < -0.39 is 0 Å². The van der Waals surface area contributed by atoms with Crippen molar-refractivity contribution in [2.24, 2.45) is 0 Å². The number of hydrogen-bond acceptors (Lipinski definition) is 1. The Morgan fingerprint density at radius 2 is 1.88 bits per heavy atom. The van der Waals surface area contributed by atoms with Crippen molar-refractivity contribution in [1.82, 2.24) is 9.55 Å². The first-order valence-electron chi connectivity index (χ1n) is 5.78. The van der Waals surface area contributed by atoms with Crippen molar-refractivity contribution in [3.63, 3.8) is 0 Å². The van der Waals surface area contributed by atoms with Gasteiger partial charge in [0.15, 0.2) is 0 Å². The second-order valence-electron chi connectivity index (χ2n) is 4.28. The average Bonchev–Trinajstić information content (AvgIpc) is 2.75. The molecule has 0 amide bonds. The van der Waals surface area contributed by atoms with Gasteiger partial charge in [0.1, 0.15) is 5.82 Å². The summed E-state index contributed by atoms with van der Waals surface area (Å²) in [7, 11) is 0. The number of fused-ring (bicyclic) bond motifs is 1. The van der Waals surface area contributed by atoms with Crippen LogP contribution in [0.3, 0.4) is 0 Å². The lowest BCUT2D eigenvalue weighted by molar-refractivity contribution is 0.762. The van der Waals surface area contributed by atoms with Crippen LogP contribution in [0.2, 0.25) is 0 Å². The van der Waals surface area contributed by atoms with Gasteiger partial charge in [0.05, 0.1) is 0 Å². The Labute approximate surface area is 101 Å². The predicted octanol–water partition coefficient (Wildman–Crippen LogP) is 3.39. The van der Waals surface area contributed by atoms with Crippen molar-refractivity contribution in [3.8, 4) is 0 Å². The summed E-state index contributed by atoms with van der Waals surface area (Å²) in [5.41, 5.74) is 1.31. The summed E-state index contributed by atoms with van der Waals surface area (Å²) in [6, 6.07) is 15.0. The number of aryl methyl sites for hydroxylation is 1. The van der Waals surface area contributed by atoms with E-state index in [0.717, 1.165) is 12.4 Å². The van der Waals surface area contributed by atoms with E-state index in [1.54, 1.807) is 0 Å². The average molecular weight is 222 g/mol. The van der Waals surface area contributed by atoms with Gasteiger partial charge in [0.2, 0.25) is 0 Å². The van der Waals surface area contributed by atoms with Crippen LogP contribution >= 0.6 is 0 Å². The minimum Gasteiger partial charge on any atom is -0.331 e. The zero-order valence-electron chi connectivity index (χ0n) is 9.80. The number of rotatable bonds is 2. The van der Waals surface area contributed by atoms with E-state index in [4.69, 9.17) is 0 Å². The molecule has 0 unspecified atom stereocenters. The molecule has 2 aromatic carbocycles. The van der Waals surface area contributed by atoms with E-state index in [0.29, 0.717) is 0 Å². The molecule has 0 aliphatic rings. The number of hydrogen-bond donors (Lipinski definition) is 0. The Kier molecular flexibility index (Phi) is 2.41. The van der Waals surface area contributed by atoms with E-state index in [-0.39, 0.29) is 0 Å². The van der Waals surface area contributed by atoms with Gasteiger partial charge >= 0.3 is 0 Å². The summed E-state index contributed by atoms with van der Waals surface area (Å²) in [5.74, 6) is 1.05. The van der Waals surface area contributed by atoms with E-state index in [2.05, 4.69) is 52.0 Å². The topological polar surface area (TPSA) is 17.8 Å². The lowest BCUT2D eigenvalue weighted by atomic mass is 10.1. The number of nitrogens with zero attached hydrogens (tertiary/aromatic N) is 2. The molecule has 1 aromatic heterocycles. The SMILES string of the molecule is Cc1nccn1Cc1ccc2ccccc2c1. The molecule has 3 rings (SSSR count). The molecule has 1 heterocycles. The summed E-state index contributed by atoms with van der Waals surface area (Å²) >= 11 is 0. The van der Waals surface area contributed by atoms with E-state index in [1.807, 2.05) is 19.3 Å². The highest BCUT2D eigenvalue weighted by Gasteiger charge is 1.99. The second-order valence-corrected chi connectivity index (χ2v) is 4.28. The minimum absolute atomic E-state index is 0.886. The lowest BCUT2D eigenvalue weighted by Crippen LogP contribution is -2.00. The summed E-state index contributed by atoms with van der Waals surface area (Å²) < 4.78 is 2.16. The molecule has 84 valence electrons. The molecule has 0 spiro atoms. The fourth-order valence-corrected chi connectivity index (χ4v) is 2.10. The van der Waals surface area contributed by atoms with Crippen LogP contribution < -0.4 is 0 Å². The molecule has 0 atom stereocenters. The smallest absolute Gasteiger partial charge is 0.105 e. The molecule has 3 aromatic rings. The van der Waals surface area contributed by atoms with Gasteiger partial charge in [-0.3, -0.25) is 0 Å². The minimum atomic E-state index is 0.886. The summed E-state index contributed by atoms with van der Waals surface area (Å²) in [4.78, 5) is 4.24. The van der Waals surface area contributed by atoms with E-state index >= 15 is 0 Å². The Morgan fingerprint density at radius 3 is 2.65 bits per heavy atom. The molecule has 0 aliphatic carbocycles. The molecular weight excluding hydrogens is 208 g/mol. The largest absolute Gasteiger partial charge is 0.331 e. The molecule has 2 heteroatoms. The third kappa shape index (κ3) is 1.94. The number of aromatic nitrogens is 2. The first-order chi connectivity index (χ1) is 8.33. The van der Waals surface area contributed by atoms with Gasteiger partial charge in [0, 0.05) is 18.9 Å². The molecule has 0 saturated carbocycles. The lowest BCUT2D eigenvalue weighted by Gasteiger charge is -2.06. The van der Waals surface area contributed by atoms with Crippen molar-refractivity contribution in [3.05, 3.63) is 66.2 Å². The fraction of sp³-hybridized carbons (Fsp3) is 0.133. The van der Waals surface area contributed by atoms with Gasteiger partial charge in [-0.2, -0.15) is 0 Å². The van der Waals surface area contributed by atoms with Crippen molar-refractivity contribution in [2.75, 3.05) is 0 Å². The highest BCUT2D eigenvalue weighted by atomic mass is 15.0. The van der Waals surface area contributed by atoms with Crippen LogP contribution in [0.5, 0.6) is 0 Å². The Morgan fingerprint density at radius 1 is 1.06 bits per heavy atom. The Hall–Kier alpha value is -2.09. The van der Waals surface area contributed by atoms with Crippen molar-refractivity contribution < 1.29 is 0 Å². The molecule has 0 bridgehead atoms. The first kappa shape index (κ1) is 10.1. The van der Waals surface area contributed by atoms with Gasteiger partial charge < -0.3 is 4.57 Å². The number of imidazole rings is 1. The van der Waals surface area contributed by atoms with Gasteiger partial charge in [-0.25, -0.2) is 4.98 Å². The van der Waals surface area contributed by atoms with Crippen LogP contribution in [0, 0.1) is 6.92 Å². The highest BCUT2D eigenvalue weighted by Crippen LogP contribution is 2.16. The monoisotopic (exact) mass is 222 g/mol. The molecule has 0 aliphatic heterocycles. The maximum absolute atomic E-state index is 4.24. The van der Waals surface area contributed by atoms with Crippen molar-refractivity contribution >= 4 is 10.8 Å². The van der Waals surface area contributed by atoms with Gasteiger partial charge in [-0.1, -0.05) is 36.4 Å². The third-order valence-electron chi connectivity index (χ3n) is 3.09. The van der Waals surface area contributed by atoms with Crippen LogP contribution in [0.1, 0.15) is 11.4 Å². The number of benzene rings is 2. The molecule has 0 saturated heterocycles. The summed E-state index contributed by atoms with van der Waals surface area (Å²) in [5, 5.41) is 2.58. The molecule has 17 heavy (non-hydrogen) atoms.